The molecule has 176 valence electrons. The van der Waals surface area contributed by atoms with Crippen molar-refractivity contribution in [1.82, 2.24) is 15.1 Å². The van der Waals surface area contributed by atoms with Crippen molar-refractivity contribution in [1.29, 1.82) is 0 Å². The van der Waals surface area contributed by atoms with Gasteiger partial charge in [0.15, 0.2) is 0 Å². The summed E-state index contributed by atoms with van der Waals surface area (Å²) in [5.74, 6) is 0.118. The quantitative estimate of drug-likeness (QED) is 0.692. The van der Waals surface area contributed by atoms with E-state index < -0.39 is 0 Å². The van der Waals surface area contributed by atoms with Gasteiger partial charge < -0.3 is 10.2 Å². The Morgan fingerprint density at radius 3 is 2.33 bits per heavy atom. The van der Waals surface area contributed by atoms with Crippen LogP contribution in [0.15, 0.2) is 48.5 Å². The average molecular weight is 452 g/mol. The SMILES string of the molecule is CCc1ccc(C(=O)N2CCN(C(C(=O)NCc3cccc(F)c3)C3CCCC3)CC2)cc1. The third kappa shape index (κ3) is 5.80. The summed E-state index contributed by atoms with van der Waals surface area (Å²) < 4.78 is 13.5. The van der Waals surface area contributed by atoms with E-state index in [0.29, 0.717) is 38.6 Å². The summed E-state index contributed by atoms with van der Waals surface area (Å²) in [6.07, 6.45) is 5.38. The number of nitrogens with zero attached hydrogens (tertiary/aromatic N) is 2. The summed E-state index contributed by atoms with van der Waals surface area (Å²) >= 11 is 0. The Bertz CT molecular complexity index is 948. The van der Waals surface area contributed by atoms with Crippen LogP contribution in [0, 0.1) is 11.7 Å². The van der Waals surface area contributed by atoms with Crippen LogP contribution in [0.2, 0.25) is 0 Å². The minimum atomic E-state index is -0.292. The van der Waals surface area contributed by atoms with Crippen LogP contribution in [-0.4, -0.2) is 53.8 Å². The monoisotopic (exact) mass is 451 g/mol. The van der Waals surface area contributed by atoms with Gasteiger partial charge in [0.1, 0.15) is 5.82 Å². The van der Waals surface area contributed by atoms with Crippen LogP contribution in [0.4, 0.5) is 4.39 Å². The molecule has 6 heteroatoms. The number of carbonyl (C=O) groups is 2. The van der Waals surface area contributed by atoms with Gasteiger partial charge in [0, 0.05) is 38.3 Å². The highest BCUT2D eigenvalue weighted by atomic mass is 19.1. The van der Waals surface area contributed by atoms with Gasteiger partial charge in [0.05, 0.1) is 6.04 Å². The number of carbonyl (C=O) groups excluding carboxylic acids is 2. The van der Waals surface area contributed by atoms with Crippen molar-refractivity contribution in [2.24, 2.45) is 5.92 Å². The number of benzene rings is 2. The molecule has 2 fully saturated rings. The number of rotatable bonds is 7. The fourth-order valence-electron chi connectivity index (χ4n) is 5.16. The number of halogens is 1. The largest absolute Gasteiger partial charge is 0.351 e. The van der Waals surface area contributed by atoms with Crippen molar-refractivity contribution in [3.8, 4) is 0 Å². The Labute approximate surface area is 196 Å². The van der Waals surface area contributed by atoms with Crippen molar-refractivity contribution >= 4 is 11.8 Å². The van der Waals surface area contributed by atoms with E-state index in [1.165, 1.54) is 17.7 Å². The zero-order valence-electron chi connectivity index (χ0n) is 19.4. The molecule has 1 aliphatic carbocycles. The molecule has 1 saturated heterocycles. The summed E-state index contributed by atoms with van der Waals surface area (Å²) in [6.45, 7) is 5.04. The van der Waals surface area contributed by atoms with Crippen LogP contribution in [0.25, 0.3) is 0 Å². The number of aryl methyl sites for hydroxylation is 1. The molecule has 2 aromatic carbocycles. The van der Waals surface area contributed by atoms with Gasteiger partial charge in [-0.05, 0) is 60.6 Å². The lowest BCUT2D eigenvalue weighted by atomic mass is 9.94. The van der Waals surface area contributed by atoms with Crippen LogP contribution in [-0.2, 0) is 17.8 Å². The molecule has 2 aromatic rings. The predicted octanol–water partition coefficient (Wildman–Crippen LogP) is 4.02. The van der Waals surface area contributed by atoms with E-state index in [2.05, 4.69) is 17.1 Å². The lowest BCUT2D eigenvalue weighted by Crippen LogP contribution is -2.57. The van der Waals surface area contributed by atoms with Crippen LogP contribution >= 0.6 is 0 Å². The maximum Gasteiger partial charge on any atom is 0.253 e. The molecule has 5 nitrogen and oxygen atoms in total. The molecule has 0 spiro atoms. The van der Waals surface area contributed by atoms with Crippen molar-refractivity contribution in [3.05, 3.63) is 71.0 Å². The molecule has 1 atom stereocenters. The molecule has 1 saturated carbocycles. The van der Waals surface area contributed by atoms with Gasteiger partial charge in [0.25, 0.3) is 5.91 Å². The normalized spacial score (nSPS) is 18.3. The fourth-order valence-corrected chi connectivity index (χ4v) is 5.16. The minimum Gasteiger partial charge on any atom is -0.351 e. The van der Waals surface area contributed by atoms with Crippen molar-refractivity contribution in [2.75, 3.05) is 26.2 Å². The maximum atomic E-state index is 13.5. The number of hydrogen-bond donors (Lipinski definition) is 1. The number of amides is 2. The second kappa shape index (κ2) is 10.9. The summed E-state index contributed by atoms with van der Waals surface area (Å²) in [5, 5.41) is 3.04. The molecule has 1 N–H and O–H groups in total. The fraction of sp³-hybridized carbons (Fsp3) is 0.481. The molecule has 0 aromatic heterocycles. The zero-order valence-corrected chi connectivity index (χ0v) is 19.4. The Balaban J connectivity index is 1.38. The van der Waals surface area contributed by atoms with Crippen LogP contribution in [0.1, 0.15) is 54.1 Å². The third-order valence-corrected chi connectivity index (χ3v) is 7.07. The van der Waals surface area contributed by atoms with Gasteiger partial charge in [-0.15, -0.1) is 0 Å². The van der Waals surface area contributed by atoms with Gasteiger partial charge in [-0.3, -0.25) is 14.5 Å². The van der Waals surface area contributed by atoms with E-state index in [-0.39, 0.29) is 23.7 Å². The first kappa shape index (κ1) is 23.4. The average Bonchev–Trinajstić information content (AvgIpc) is 3.37. The summed E-state index contributed by atoms with van der Waals surface area (Å²) in [6, 6.07) is 14.0. The highest BCUT2D eigenvalue weighted by Gasteiger charge is 2.37. The second-order valence-corrected chi connectivity index (χ2v) is 9.22. The lowest BCUT2D eigenvalue weighted by molar-refractivity contribution is -0.129. The molecule has 2 amide bonds. The van der Waals surface area contributed by atoms with Crippen molar-refractivity contribution in [3.63, 3.8) is 0 Å². The molecule has 2 aliphatic rings. The van der Waals surface area contributed by atoms with Crippen LogP contribution in [0.3, 0.4) is 0 Å². The van der Waals surface area contributed by atoms with E-state index >= 15 is 0 Å². The molecule has 0 bridgehead atoms. The predicted molar refractivity (Wildman–Crippen MR) is 127 cm³/mol. The van der Waals surface area contributed by atoms with E-state index in [1.807, 2.05) is 35.2 Å². The number of piperazine rings is 1. The summed E-state index contributed by atoms with van der Waals surface area (Å²) in [4.78, 5) is 30.4. The first-order valence-corrected chi connectivity index (χ1v) is 12.2. The Morgan fingerprint density at radius 1 is 1.00 bits per heavy atom. The zero-order chi connectivity index (χ0) is 23.2. The molecule has 33 heavy (non-hydrogen) atoms. The van der Waals surface area contributed by atoms with Crippen molar-refractivity contribution < 1.29 is 14.0 Å². The molecule has 4 rings (SSSR count). The van der Waals surface area contributed by atoms with E-state index in [1.54, 1.807) is 6.07 Å². The van der Waals surface area contributed by atoms with Gasteiger partial charge in [-0.2, -0.15) is 0 Å². The van der Waals surface area contributed by atoms with E-state index in [4.69, 9.17) is 0 Å². The highest BCUT2D eigenvalue weighted by molar-refractivity contribution is 5.94. The first-order chi connectivity index (χ1) is 16.0. The van der Waals surface area contributed by atoms with Gasteiger partial charge in [-0.1, -0.05) is 44.0 Å². The number of hydrogen-bond acceptors (Lipinski definition) is 3. The second-order valence-electron chi connectivity index (χ2n) is 9.22. The highest BCUT2D eigenvalue weighted by Crippen LogP contribution is 2.31. The van der Waals surface area contributed by atoms with E-state index in [9.17, 15) is 14.0 Å². The Morgan fingerprint density at radius 2 is 1.70 bits per heavy atom. The van der Waals surface area contributed by atoms with Crippen LogP contribution in [0.5, 0.6) is 0 Å². The molecule has 1 heterocycles. The third-order valence-electron chi connectivity index (χ3n) is 7.07. The van der Waals surface area contributed by atoms with E-state index in [0.717, 1.165) is 43.2 Å². The molecule has 1 aliphatic heterocycles. The molecular formula is C27H34FN3O2. The lowest BCUT2D eigenvalue weighted by Gasteiger charge is -2.40. The molecular weight excluding hydrogens is 417 g/mol. The topological polar surface area (TPSA) is 52.7 Å². The van der Waals surface area contributed by atoms with Crippen LogP contribution < -0.4 is 5.32 Å². The molecule has 1 unspecified atom stereocenters. The Hall–Kier alpha value is -2.73. The van der Waals surface area contributed by atoms with Gasteiger partial charge in [-0.25, -0.2) is 4.39 Å². The summed E-state index contributed by atoms with van der Waals surface area (Å²) in [5.41, 5.74) is 2.71. The van der Waals surface area contributed by atoms with Gasteiger partial charge in [0.2, 0.25) is 5.91 Å². The maximum absolute atomic E-state index is 13.5. The Kier molecular flexibility index (Phi) is 7.76. The summed E-state index contributed by atoms with van der Waals surface area (Å²) in [7, 11) is 0. The smallest absolute Gasteiger partial charge is 0.253 e. The minimum absolute atomic E-state index is 0.0149. The van der Waals surface area contributed by atoms with Crippen molar-refractivity contribution in [2.45, 2.75) is 51.6 Å². The first-order valence-electron chi connectivity index (χ1n) is 12.2. The molecule has 0 radical (unpaired) electrons. The standard InChI is InChI=1S/C27H34FN3O2/c1-2-20-10-12-23(13-11-20)27(33)31-16-14-30(15-17-31)25(22-7-3-4-8-22)26(32)29-19-21-6-5-9-24(28)18-21/h5-6,9-13,18,22,25H,2-4,7-8,14-17,19H2,1H3,(H,29,32). The number of nitrogens with one attached hydrogen (secondary N) is 1. The van der Waals surface area contributed by atoms with Gasteiger partial charge >= 0.3 is 0 Å².